The second-order valence-corrected chi connectivity index (χ2v) is 7.56. The van der Waals surface area contributed by atoms with E-state index in [4.69, 9.17) is 4.74 Å². The summed E-state index contributed by atoms with van der Waals surface area (Å²) in [6.07, 6.45) is 3.61. The van der Waals surface area contributed by atoms with E-state index in [-0.39, 0.29) is 12.5 Å². The zero-order chi connectivity index (χ0) is 18.7. The predicted octanol–water partition coefficient (Wildman–Crippen LogP) is 4.54. The molecule has 3 aromatic rings. The summed E-state index contributed by atoms with van der Waals surface area (Å²) >= 11 is 6.88. The van der Waals surface area contributed by atoms with Crippen molar-refractivity contribution in [3.05, 3.63) is 62.7 Å². The SMILES string of the molecule is Cc1cc(Br)c(OCC(=O)NN=Cc2cn(C)c3ccccc23)c(Br)c1. The van der Waals surface area contributed by atoms with Crippen LogP contribution in [0.5, 0.6) is 5.75 Å². The first-order valence-electron chi connectivity index (χ1n) is 7.90. The Bertz CT molecular complexity index is 973. The van der Waals surface area contributed by atoms with Gasteiger partial charge in [-0.1, -0.05) is 18.2 Å². The monoisotopic (exact) mass is 477 g/mol. The van der Waals surface area contributed by atoms with Gasteiger partial charge in [-0.25, -0.2) is 5.43 Å². The minimum Gasteiger partial charge on any atom is -0.481 e. The van der Waals surface area contributed by atoms with Crippen LogP contribution in [-0.2, 0) is 11.8 Å². The van der Waals surface area contributed by atoms with E-state index in [2.05, 4.69) is 42.4 Å². The third kappa shape index (κ3) is 4.16. The molecule has 3 rings (SSSR count). The number of carbonyl (C=O) groups is 1. The Morgan fingerprint density at radius 3 is 2.69 bits per heavy atom. The summed E-state index contributed by atoms with van der Waals surface area (Å²) in [6, 6.07) is 11.9. The molecule has 5 nitrogen and oxygen atoms in total. The molecular weight excluding hydrogens is 462 g/mol. The number of aryl methyl sites for hydroxylation is 2. The van der Waals surface area contributed by atoms with Crippen LogP contribution in [0.1, 0.15) is 11.1 Å². The number of fused-ring (bicyclic) bond motifs is 1. The molecule has 0 aliphatic rings. The fourth-order valence-electron chi connectivity index (χ4n) is 2.64. The van der Waals surface area contributed by atoms with E-state index in [9.17, 15) is 4.79 Å². The van der Waals surface area contributed by atoms with Crippen molar-refractivity contribution < 1.29 is 9.53 Å². The third-order valence-electron chi connectivity index (χ3n) is 3.81. The Kier molecular flexibility index (Phi) is 5.78. The topological polar surface area (TPSA) is 55.6 Å². The lowest BCUT2D eigenvalue weighted by atomic mass is 10.2. The van der Waals surface area contributed by atoms with E-state index >= 15 is 0 Å². The van der Waals surface area contributed by atoms with Crippen LogP contribution in [0.2, 0.25) is 0 Å². The average molecular weight is 479 g/mol. The van der Waals surface area contributed by atoms with Crippen molar-refractivity contribution in [3.8, 4) is 5.75 Å². The van der Waals surface area contributed by atoms with Crippen LogP contribution in [0.15, 0.2) is 56.6 Å². The van der Waals surface area contributed by atoms with Crippen LogP contribution in [0.3, 0.4) is 0 Å². The molecular formula is C19H17Br2N3O2. The molecule has 1 aromatic heterocycles. The number of carbonyl (C=O) groups excluding carboxylic acids is 1. The maximum Gasteiger partial charge on any atom is 0.277 e. The molecule has 7 heteroatoms. The number of nitrogens with zero attached hydrogens (tertiary/aromatic N) is 2. The summed E-state index contributed by atoms with van der Waals surface area (Å²) in [7, 11) is 1.98. The molecule has 0 fully saturated rings. The fraction of sp³-hybridized carbons (Fsp3) is 0.158. The highest BCUT2D eigenvalue weighted by molar-refractivity contribution is 9.11. The number of ether oxygens (including phenoxy) is 1. The fourth-order valence-corrected chi connectivity index (χ4v) is 4.29. The van der Waals surface area contributed by atoms with Crippen LogP contribution in [-0.4, -0.2) is 23.3 Å². The quantitative estimate of drug-likeness (QED) is 0.432. The molecule has 0 aliphatic carbocycles. The zero-order valence-electron chi connectivity index (χ0n) is 14.3. The van der Waals surface area contributed by atoms with Crippen LogP contribution >= 0.6 is 31.9 Å². The van der Waals surface area contributed by atoms with Crippen LogP contribution in [0.25, 0.3) is 10.9 Å². The number of hydrogen-bond acceptors (Lipinski definition) is 3. The second-order valence-electron chi connectivity index (χ2n) is 5.85. The molecule has 134 valence electrons. The van der Waals surface area contributed by atoms with Gasteiger partial charge in [-0.2, -0.15) is 5.10 Å². The number of rotatable bonds is 5. The Hall–Kier alpha value is -2.12. The molecule has 0 saturated carbocycles. The number of nitrogens with one attached hydrogen (secondary N) is 1. The van der Waals surface area contributed by atoms with E-state index in [1.54, 1.807) is 6.21 Å². The predicted molar refractivity (Wildman–Crippen MR) is 111 cm³/mol. The summed E-state index contributed by atoms with van der Waals surface area (Å²) < 4.78 is 9.18. The van der Waals surface area contributed by atoms with Gasteiger partial charge in [-0.05, 0) is 62.5 Å². The first kappa shape index (κ1) is 18.7. The van der Waals surface area contributed by atoms with Crippen molar-refractivity contribution in [2.75, 3.05) is 6.61 Å². The average Bonchev–Trinajstić information content (AvgIpc) is 2.90. The maximum atomic E-state index is 12.0. The number of hydrogen-bond donors (Lipinski definition) is 1. The van der Waals surface area contributed by atoms with E-state index in [0.29, 0.717) is 5.75 Å². The van der Waals surface area contributed by atoms with E-state index in [1.165, 1.54) is 0 Å². The Balaban J connectivity index is 1.61. The van der Waals surface area contributed by atoms with Gasteiger partial charge in [0.2, 0.25) is 0 Å². The zero-order valence-corrected chi connectivity index (χ0v) is 17.5. The van der Waals surface area contributed by atoms with E-state index < -0.39 is 0 Å². The summed E-state index contributed by atoms with van der Waals surface area (Å²) in [5.41, 5.74) is 5.62. The molecule has 26 heavy (non-hydrogen) atoms. The van der Waals surface area contributed by atoms with Gasteiger partial charge in [0, 0.05) is 29.7 Å². The van der Waals surface area contributed by atoms with Crippen molar-refractivity contribution in [2.24, 2.45) is 12.1 Å². The molecule has 0 saturated heterocycles. The molecule has 0 bridgehead atoms. The number of para-hydroxylation sites is 1. The minimum atomic E-state index is -0.333. The van der Waals surface area contributed by atoms with Crippen LogP contribution < -0.4 is 10.2 Å². The van der Waals surface area contributed by atoms with Gasteiger partial charge in [-0.15, -0.1) is 0 Å². The van der Waals surface area contributed by atoms with Gasteiger partial charge in [0.1, 0.15) is 5.75 Å². The number of benzene rings is 2. The molecule has 0 atom stereocenters. The number of aromatic nitrogens is 1. The molecule has 0 unspecified atom stereocenters. The normalized spacial score (nSPS) is 11.2. The maximum absolute atomic E-state index is 12.0. The number of hydrazone groups is 1. The van der Waals surface area contributed by atoms with Gasteiger partial charge in [0.15, 0.2) is 6.61 Å². The summed E-state index contributed by atoms with van der Waals surface area (Å²) in [5, 5.41) is 5.12. The lowest BCUT2D eigenvalue weighted by Crippen LogP contribution is -2.24. The molecule has 0 aliphatic heterocycles. The van der Waals surface area contributed by atoms with Crippen molar-refractivity contribution >= 4 is 54.9 Å². The Morgan fingerprint density at radius 2 is 1.96 bits per heavy atom. The lowest BCUT2D eigenvalue weighted by molar-refractivity contribution is -0.123. The molecule has 0 spiro atoms. The first-order chi connectivity index (χ1) is 12.5. The Morgan fingerprint density at radius 1 is 1.27 bits per heavy atom. The summed E-state index contributed by atoms with van der Waals surface area (Å²) in [6.45, 7) is 1.85. The van der Waals surface area contributed by atoms with Crippen LogP contribution in [0.4, 0.5) is 0 Å². The number of amides is 1. The molecule has 2 aromatic carbocycles. The summed E-state index contributed by atoms with van der Waals surface area (Å²) in [5.74, 6) is 0.254. The molecule has 1 amide bonds. The highest BCUT2D eigenvalue weighted by Crippen LogP contribution is 2.34. The third-order valence-corrected chi connectivity index (χ3v) is 4.99. The van der Waals surface area contributed by atoms with E-state index in [0.717, 1.165) is 31.0 Å². The smallest absolute Gasteiger partial charge is 0.277 e. The van der Waals surface area contributed by atoms with Gasteiger partial charge in [-0.3, -0.25) is 4.79 Å². The Labute approximate surface area is 168 Å². The largest absolute Gasteiger partial charge is 0.481 e. The lowest BCUT2D eigenvalue weighted by Gasteiger charge is -2.10. The minimum absolute atomic E-state index is 0.132. The van der Waals surface area contributed by atoms with Crippen molar-refractivity contribution in [1.82, 2.24) is 9.99 Å². The second kappa shape index (κ2) is 8.05. The molecule has 0 radical (unpaired) electrons. The summed E-state index contributed by atoms with van der Waals surface area (Å²) in [4.78, 5) is 12.0. The van der Waals surface area contributed by atoms with Gasteiger partial charge in [0.25, 0.3) is 5.91 Å². The highest BCUT2D eigenvalue weighted by atomic mass is 79.9. The van der Waals surface area contributed by atoms with Crippen molar-refractivity contribution in [1.29, 1.82) is 0 Å². The van der Waals surface area contributed by atoms with E-state index in [1.807, 2.05) is 61.1 Å². The highest BCUT2D eigenvalue weighted by Gasteiger charge is 2.10. The number of halogens is 2. The van der Waals surface area contributed by atoms with Gasteiger partial charge >= 0.3 is 0 Å². The standard InChI is InChI=1S/C19H17Br2N3O2/c1-12-7-15(20)19(16(21)8-12)26-11-18(25)23-22-9-13-10-24(2)17-6-4-3-5-14(13)17/h3-10H,11H2,1-2H3,(H,23,25). The van der Waals surface area contributed by atoms with Gasteiger partial charge < -0.3 is 9.30 Å². The van der Waals surface area contributed by atoms with Crippen molar-refractivity contribution in [3.63, 3.8) is 0 Å². The molecule has 1 N–H and O–H groups in total. The molecule has 1 heterocycles. The first-order valence-corrected chi connectivity index (χ1v) is 9.48. The van der Waals surface area contributed by atoms with Crippen LogP contribution in [0, 0.1) is 6.92 Å². The van der Waals surface area contributed by atoms with Gasteiger partial charge in [0.05, 0.1) is 15.2 Å². The van der Waals surface area contributed by atoms with Crippen molar-refractivity contribution in [2.45, 2.75) is 6.92 Å².